The lowest BCUT2D eigenvalue weighted by molar-refractivity contribution is 0.305. The quantitative estimate of drug-likeness (QED) is 0.392. The highest BCUT2D eigenvalue weighted by Gasteiger charge is 2.08. The molecular weight excluding hydrogens is 299 g/mol. The zero-order chi connectivity index (χ0) is 14.5. The minimum Gasteiger partial charge on any atom is -0.487 e. The highest BCUT2D eigenvalue weighted by Crippen LogP contribution is 2.28. The fourth-order valence-electron chi connectivity index (χ4n) is 1.69. The fraction of sp³-hybridized carbons (Fsp3) is 0.0714. The minimum absolute atomic E-state index is 0.0291. The number of nitrogens with two attached hydrogens (primary N) is 1. The van der Waals surface area contributed by atoms with Crippen molar-refractivity contribution in [1.29, 1.82) is 0 Å². The van der Waals surface area contributed by atoms with Crippen molar-refractivity contribution in [2.75, 3.05) is 0 Å². The molecule has 6 heteroatoms. The molecule has 2 aromatic carbocycles. The number of amidine groups is 1. The standard InChI is InChI=1S/C14H12Cl2N2O2/c15-10-5-6-12(16)13(7-10)20-8-9-3-1-2-4-11(9)14(17)18-19/h1-7,19H,8H2,(H2,17,18). The average molecular weight is 311 g/mol. The van der Waals surface area contributed by atoms with Crippen LogP contribution in [0.1, 0.15) is 11.1 Å². The van der Waals surface area contributed by atoms with Gasteiger partial charge in [0.05, 0.1) is 5.02 Å². The molecule has 20 heavy (non-hydrogen) atoms. The molecule has 0 amide bonds. The second kappa shape index (κ2) is 6.50. The van der Waals surface area contributed by atoms with Gasteiger partial charge in [-0.05, 0) is 12.1 Å². The zero-order valence-corrected chi connectivity index (χ0v) is 11.9. The smallest absolute Gasteiger partial charge is 0.170 e. The van der Waals surface area contributed by atoms with Gasteiger partial charge in [-0.1, -0.05) is 52.6 Å². The van der Waals surface area contributed by atoms with Gasteiger partial charge in [-0.2, -0.15) is 0 Å². The van der Waals surface area contributed by atoms with Crippen LogP contribution in [0.5, 0.6) is 5.75 Å². The molecule has 0 radical (unpaired) electrons. The summed E-state index contributed by atoms with van der Waals surface area (Å²) in [7, 11) is 0. The highest BCUT2D eigenvalue weighted by molar-refractivity contribution is 6.34. The van der Waals surface area contributed by atoms with E-state index in [-0.39, 0.29) is 12.4 Å². The van der Waals surface area contributed by atoms with Crippen molar-refractivity contribution in [1.82, 2.24) is 0 Å². The van der Waals surface area contributed by atoms with Gasteiger partial charge in [-0.3, -0.25) is 0 Å². The molecule has 0 unspecified atom stereocenters. The molecule has 3 N–H and O–H groups in total. The molecule has 0 aromatic heterocycles. The molecule has 4 nitrogen and oxygen atoms in total. The average Bonchev–Trinajstić information content (AvgIpc) is 2.47. The van der Waals surface area contributed by atoms with Crippen molar-refractivity contribution in [3.05, 3.63) is 63.6 Å². The Labute approximate surface area is 126 Å². The number of halogens is 2. The van der Waals surface area contributed by atoms with E-state index in [0.29, 0.717) is 21.4 Å². The van der Waals surface area contributed by atoms with E-state index < -0.39 is 0 Å². The van der Waals surface area contributed by atoms with Gasteiger partial charge >= 0.3 is 0 Å². The second-order valence-electron chi connectivity index (χ2n) is 4.01. The molecule has 0 saturated carbocycles. The van der Waals surface area contributed by atoms with E-state index in [2.05, 4.69) is 5.16 Å². The Balaban J connectivity index is 2.21. The Morgan fingerprint density at radius 3 is 2.70 bits per heavy atom. The predicted octanol–water partition coefficient (Wildman–Crippen LogP) is 3.67. The van der Waals surface area contributed by atoms with E-state index in [1.807, 2.05) is 12.1 Å². The molecule has 0 heterocycles. The zero-order valence-electron chi connectivity index (χ0n) is 10.4. The third-order valence-electron chi connectivity index (χ3n) is 2.68. The number of oxime groups is 1. The van der Waals surface area contributed by atoms with Gasteiger partial charge in [0.1, 0.15) is 12.4 Å². The fourth-order valence-corrected chi connectivity index (χ4v) is 2.03. The van der Waals surface area contributed by atoms with E-state index in [9.17, 15) is 0 Å². The van der Waals surface area contributed by atoms with Crippen molar-refractivity contribution in [2.24, 2.45) is 10.9 Å². The Morgan fingerprint density at radius 1 is 1.20 bits per heavy atom. The highest BCUT2D eigenvalue weighted by atomic mass is 35.5. The summed E-state index contributed by atoms with van der Waals surface area (Å²) in [6.45, 7) is 0.229. The van der Waals surface area contributed by atoms with Crippen LogP contribution in [-0.4, -0.2) is 11.0 Å². The van der Waals surface area contributed by atoms with Gasteiger partial charge in [0, 0.05) is 22.2 Å². The van der Waals surface area contributed by atoms with Crippen molar-refractivity contribution in [2.45, 2.75) is 6.61 Å². The van der Waals surface area contributed by atoms with E-state index >= 15 is 0 Å². The van der Waals surface area contributed by atoms with Crippen LogP contribution in [0.25, 0.3) is 0 Å². The van der Waals surface area contributed by atoms with Crippen LogP contribution in [0.3, 0.4) is 0 Å². The third-order valence-corrected chi connectivity index (χ3v) is 3.22. The molecule has 0 saturated heterocycles. The maximum absolute atomic E-state index is 8.76. The van der Waals surface area contributed by atoms with Crippen LogP contribution < -0.4 is 10.5 Å². The number of nitrogens with zero attached hydrogens (tertiary/aromatic N) is 1. The van der Waals surface area contributed by atoms with Gasteiger partial charge in [-0.15, -0.1) is 0 Å². The summed E-state index contributed by atoms with van der Waals surface area (Å²) in [5, 5.41) is 12.8. The largest absolute Gasteiger partial charge is 0.487 e. The molecule has 0 bridgehead atoms. The summed E-state index contributed by atoms with van der Waals surface area (Å²) in [6, 6.07) is 12.2. The number of hydrogen-bond acceptors (Lipinski definition) is 3. The topological polar surface area (TPSA) is 67.8 Å². The van der Waals surface area contributed by atoms with Crippen LogP contribution in [-0.2, 0) is 6.61 Å². The van der Waals surface area contributed by atoms with E-state index in [4.69, 9.17) is 38.9 Å². The third kappa shape index (κ3) is 3.35. The SMILES string of the molecule is N/C(=N\O)c1ccccc1COc1cc(Cl)ccc1Cl. The Hall–Kier alpha value is -1.91. The molecule has 0 fully saturated rings. The van der Waals surface area contributed by atoms with Crippen molar-refractivity contribution >= 4 is 29.0 Å². The van der Waals surface area contributed by atoms with E-state index in [1.165, 1.54) is 0 Å². The Bertz CT molecular complexity index is 645. The summed E-state index contributed by atoms with van der Waals surface area (Å²) < 4.78 is 5.63. The lowest BCUT2D eigenvalue weighted by Gasteiger charge is -2.11. The number of benzene rings is 2. The minimum atomic E-state index is 0.0291. The lowest BCUT2D eigenvalue weighted by Crippen LogP contribution is -2.16. The number of ether oxygens (including phenoxy) is 1. The molecular formula is C14H12Cl2N2O2. The summed E-state index contributed by atoms with van der Waals surface area (Å²) in [4.78, 5) is 0. The van der Waals surface area contributed by atoms with Crippen LogP contribution in [0.2, 0.25) is 10.0 Å². The van der Waals surface area contributed by atoms with Crippen molar-refractivity contribution < 1.29 is 9.94 Å². The molecule has 2 rings (SSSR count). The summed E-state index contributed by atoms with van der Waals surface area (Å²) >= 11 is 11.9. The molecule has 0 atom stereocenters. The first-order valence-electron chi connectivity index (χ1n) is 5.75. The predicted molar refractivity (Wildman–Crippen MR) is 79.7 cm³/mol. The van der Waals surface area contributed by atoms with Gasteiger partial charge in [0.25, 0.3) is 0 Å². The Kier molecular flexibility index (Phi) is 4.71. The van der Waals surface area contributed by atoms with Crippen LogP contribution in [0, 0.1) is 0 Å². The molecule has 0 spiro atoms. The number of hydrogen-bond donors (Lipinski definition) is 2. The van der Waals surface area contributed by atoms with Crippen LogP contribution in [0.4, 0.5) is 0 Å². The van der Waals surface area contributed by atoms with Gasteiger partial charge < -0.3 is 15.7 Å². The van der Waals surface area contributed by atoms with Gasteiger partial charge in [0.15, 0.2) is 5.84 Å². The van der Waals surface area contributed by atoms with Crippen LogP contribution in [0.15, 0.2) is 47.6 Å². The first-order valence-corrected chi connectivity index (χ1v) is 6.51. The first-order chi connectivity index (χ1) is 9.61. The Morgan fingerprint density at radius 2 is 1.95 bits per heavy atom. The van der Waals surface area contributed by atoms with Crippen LogP contribution >= 0.6 is 23.2 Å². The molecule has 0 aliphatic carbocycles. The molecule has 0 aliphatic rings. The number of rotatable bonds is 4. The van der Waals surface area contributed by atoms with Crippen molar-refractivity contribution in [3.63, 3.8) is 0 Å². The van der Waals surface area contributed by atoms with Gasteiger partial charge in [0.2, 0.25) is 0 Å². The summed E-state index contributed by atoms with van der Waals surface area (Å²) in [5.41, 5.74) is 7.00. The maximum atomic E-state index is 8.76. The van der Waals surface area contributed by atoms with Crippen molar-refractivity contribution in [3.8, 4) is 5.75 Å². The summed E-state index contributed by atoms with van der Waals surface area (Å²) in [6.07, 6.45) is 0. The first kappa shape index (κ1) is 14.5. The van der Waals surface area contributed by atoms with E-state index in [1.54, 1.807) is 30.3 Å². The maximum Gasteiger partial charge on any atom is 0.170 e. The normalized spacial score (nSPS) is 11.4. The van der Waals surface area contributed by atoms with Gasteiger partial charge in [-0.25, -0.2) is 0 Å². The monoisotopic (exact) mass is 310 g/mol. The van der Waals surface area contributed by atoms with E-state index in [0.717, 1.165) is 5.56 Å². The second-order valence-corrected chi connectivity index (χ2v) is 4.85. The molecule has 2 aromatic rings. The summed E-state index contributed by atoms with van der Waals surface area (Å²) in [5.74, 6) is 0.509. The molecule has 0 aliphatic heterocycles. The molecule has 104 valence electrons. The lowest BCUT2D eigenvalue weighted by atomic mass is 10.1.